The Morgan fingerprint density at radius 1 is 0.879 bits per heavy atom. The Kier molecular flexibility index (Phi) is 5.69. The molecule has 0 aliphatic carbocycles. The van der Waals surface area contributed by atoms with Crippen molar-refractivity contribution in [2.24, 2.45) is 21.7 Å². The summed E-state index contributed by atoms with van der Waals surface area (Å²) in [5, 5.41) is 8.21. The molecule has 0 amide bonds. The Morgan fingerprint density at radius 3 is 2.21 bits per heavy atom. The van der Waals surface area contributed by atoms with Crippen LogP contribution in [0.5, 0.6) is 0 Å². The minimum absolute atomic E-state index is 0.0277. The predicted molar refractivity (Wildman–Crippen MR) is 124 cm³/mol. The Labute approximate surface area is 188 Å². The topological polar surface area (TPSA) is 116 Å². The standard InChI is InChI=1S/C23H19F2N5O2S/c1-14(28-29-23(26)27)21-17-9-5-6-10-20(17)30(33(31,32)16-7-3-2-4-8-16)22(21)15-11-12-18(24)19(25)13-15/h2-13H,1H3,(H4,26,27,29). The molecule has 3 aromatic carbocycles. The third-order valence-corrected chi connectivity index (χ3v) is 6.71. The zero-order valence-corrected chi connectivity index (χ0v) is 18.2. The quantitative estimate of drug-likeness (QED) is 0.264. The lowest BCUT2D eigenvalue weighted by Crippen LogP contribution is -2.22. The van der Waals surface area contributed by atoms with E-state index in [2.05, 4.69) is 10.2 Å². The van der Waals surface area contributed by atoms with Gasteiger partial charge in [-0.1, -0.05) is 36.4 Å². The number of guanidine groups is 1. The first kappa shape index (κ1) is 22.2. The van der Waals surface area contributed by atoms with Crippen LogP contribution in [0.4, 0.5) is 8.78 Å². The Hall–Kier alpha value is -4.05. The molecule has 1 aromatic heterocycles. The van der Waals surface area contributed by atoms with Crippen molar-refractivity contribution in [3.63, 3.8) is 0 Å². The van der Waals surface area contributed by atoms with Crippen LogP contribution in [0.15, 0.2) is 87.9 Å². The average molecular weight is 468 g/mol. The van der Waals surface area contributed by atoms with Gasteiger partial charge in [-0.3, -0.25) is 0 Å². The van der Waals surface area contributed by atoms with Crippen LogP contribution in [-0.2, 0) is 10.0 Å². The maximum absolute atomic E-state index is 14.2. The predicted octanol–water partition coefficient (Wildman–Crippen LogP) is 3.82. The monoisotopic (exact) mass is 467 g/mol. The minimum atomic E-state index is -4.15. The maximum atomic E-state index is 14.2. The fourth-order valence-corrected chi connectivity index (χ4v) is 5.18. The van der Waals surface area contributed by atoms with Crippen molar-refractivity contribution < 1.29 is 17.2 Å². The highest BCUT2D eigenvalue weighted by atomic mass is 32.2. The van der Waals surface area contributed by atoms with Gasteiger partial charge in [0.15, 0.2) is 11.6 Å². The van der Waals surface area contributed by atoms with E-state index in [-0.39, 0.29) is 27.8 Å². The number of rotatable bonds is 5. The van der Waals surface area contributed by atoms with Crippen LogP contribution >= 0.6 is 0 Å². The molecule has 0 atom stereocenters. The van der Waals surface area contributed by atoms with Gasteiger partial charge >= 0.3 is 0 Å². The molecule has 4 rings (SSSR count). The van der Waals surface area contributed by atoms with Crippen molar-refractivity contribution in [1.82, 2.24) is 3.97 Å². The van der Waals surface area contributed by atoms with E-state index in [0.29, 0.717) is 16.5 Å². The summed E-state index contributed by atoms with van der Waals surface area (Å²) in [7, 11) is -4.15. The van der Waals surface area contributed by atoms with Gasteiger partial charge in [0, 0.05) is 16.5 Å². The van der Waals surface area contributed by atoms with Gasteiger partial charge in [0.25, 0.3) is 10.0 Å². The number of hydrogen-bond donors (Lipinski definition) is 2. The summed E-state index contributed by atoms with van der Waals surface area (Å²) in [6, 6.07) is 17.7. The van der Waals surface area contributed by atoms with Gasteiger partial charge < -0.3 is 11.5 Å². The summed E-state index contributed by atoms with van der Waals surface area (Å²) in [4.78, 5) is 0.0277. The number of fused-ring (bicyclic) bond motifs is 1. The van der Waals surface area contributed by atoms with Crippen LogP contribution in [0.2, 0.25) is 0 Å². The van der Waals surface area contributed by atoms with Gasteiger partial charge in [-0.05, 0) is 43.3 Å². The average Bonchev–Trinajstić information content (AvgIpc) is 3.16. The fourth-order valence-electron chi connectivity index (χ4n) is 3.61. The van der Waals surface area contributed by atoms with E-state index in [1.165, 1.54) is 18.2 Å². The van der Waals surface area contributed by atoms with Gasteiger partial charge in [-0.25, -0.2) is 21.2 Å². The van der Waals surface area contributed by atoms with E-state index in [9.17, 15) is 17.2 Å². The lowest BCUT2D eigenvalue weighted by atomic mass is 10.0. The fraction of sp³-hybridized carbons (Fsp3) is 0.0435. The molecule has 4 aromatic rings. The number of para-hydroxylation sites is 1. The molecule has 7 nitrogen and oxygen atoms in total. The third kappa shape index (κ3) is 3.96. The number of aromatic nitrogens is 1. The molecule has 168 valence electrons. The molecule has 0 saturated carbocycles. The second kappa shape index (κ2) is 8.47. The summed E-state index contributed by atoms with van der Waals surface area (Å²) >= 11 is 0. The minimum Gasteiger partial charge on any atom is -0.369 e. The molecule has 0 radical (unpaired) electrons. The normalized spacial score (nSPS) is 12.2. The molecule has 10 heteroatoms. The Morgan fingerprint density at radius 2 is 1.55 bits per heavy atom. The van der Waals surface area contributed by atoms with Crippen LogP contribution in [0.25, 0.3) is 22.2 Å². The molecule has 0 aliphatic heterocycles. The maximum Gasteiger partial charge on any atom is 0.268 e. The lowest BCUT2D eigenvalue weighted by Gasteiger charge is -2.14. The van der Waals surface area contributed by atoms with Crippen molar-refractivity contribution in [1.29, 1.82) is 0 Å². The molecule has 0 aliphatic rings. The van der Waals surface area contributed by atoms with Crippen molar-refractivity contribution in [2.75, 3.05) is 0 Å². The number of hydrogen-bond acceptors (Lipinski definition) is 4. The highest BCUT2D eigenvalue weighted by Crippen LogP contribution is 2.37. The third-order valence-electron chi connectivity index (χ3n) is 4.98. The van der Waals surface area contributed by atoms with Crippen molar-refractivity contribution in [2.45, 2.75) is 11.8 Å². The van der Waals surface area contributed by atoms with E-state index in [4.69, 9.17) is 11.5 Å². The van der Waals surface area contributed by atoms with Crippen LogP contribution in [0.1, 0.15) is 12.5 Å². The lowest BCUT2D eigenvalue weighted by molar-refractivity contribution is 0.509. The molecule has 4 N–H and O–H groups in total. The van der Waals surface area contributed by atoms with E-state index < -0.39 is 21.7 Å². The molecule has 0 unspecified atom stereocenters. The Balaban J connectivity index is 2.19. The summed E-state index contributed by atoms with van der Waals surface area (Å²) in [5.74, 6) is -2.46. The first-order valence-corrected chi connectivity index (χ1v) is 11.2. The van der Waals surface area contributed by atoms with Gasteiger partial charge in [0.05, 0.1) is 21.8 Å². The van der Waals surface area contributed by atoms with Crippen LogP contribution < -0.4 is 11.5 Å². The Bertz CT molecular complexity index is 1520. The molecule has 0 fully saturated rings. The molecule has 0 saturated heterocycles. The first-order chi connectivity index (χ1) is 15.7. The number of nitrogens with zero attached hydrogens (tertiary/aromatic N) is 3. The number of nitrogens with two attached hydrogens (primary N) is 2. The molecule has 0 spiro atoms. The highest BCUT2D eigenvalue weighted by Gasteiger charge is 2.29. The molecule has 0 bridgehead atoms. The second-order valence-corrected chi connectivity index (χ2v) is 8.95. The van der Waals surface area contributed by atoms with Crippen LogP contribution in [0.3, 0.4) is 0 Å². The zero-order valence-electron chi connectivity index (χ0n) is 17.4. The van der Waals surface area contributed by atoms with E-state index in [1.54, 1.807) is 49.4 Å². The van der Waals surface area contributed by atoms with Crippen LogP contribution in [0, 0.1) is 11.6 Å². The van der Waals surface area contributed by atoms with E-state index in [1.807, 2.05) is 0 Å². The van der Waals surface area contributed by atoms with E-state index in [0.717, 1.165) is 16.1 Å². The zero-order chi connectivity index (χ0) is 23.8. The molecular formula is C23H19F2N5O2S. The van der Waals surface area contributed by atoms with Gasteiger partial charge in [0.2, 0.25) is 5.96 Å². The SMILES string of the molecule is CC(=NN=C(N)N)c1c(-c2ccc(F)c(F)c2)n(S(=O)(=O)c2ccccc2)c2ccccc12. The van der Waals surface area contributed by atoms with Gasteiger partial charge in [-0.15, -0.1) is 5.10 Å². The number of benzene rings is 3. The summed E-state index contributed by atoms with van der Waals surface area (Å²) in [5.41, 5.74) is 12.0. The van der Waals surface area contributed by atoms with Crippen molar-refractivity contribution in [3.8, 4) is 11.3 Å². The smallest absolute Gasteiger partial charge is 0.268 e. The number of halogens is 2. The molecular weight excluding hydrogens is 448 g/mol. The van der Waals surface area contributed by atoms with Crippen molar-refractivity contribution in [3.05, 3.63) is 90.0 Å². The molecule has 1 heterocycles. The summed E-state index contributed by atoms with van der Waals surface area (Å²) in [6.45, 7) is 1.59. The van der Waals surface area contributed by atoms with E-state index >= 15 is 0 Å². The van der Waals surface area contributed by atoms with Crippen molar-refractivity contribution >= 4 is 32.6 Å². The summed E-state index contributed by atoms with van der Waals surface area (Å²) < 4.78 is 56.6. The first-order valence-electron chi connectivity index (χ1n) is 9.75. The van der Waals surface area contributed by atoms with Crippen LogP contribution in [-0.4, -0.2) is 24.1 Å². The summed E-state index contributed by atoms with van der Waals surface area (Å²) in [6.07, 6.45) is 0. The van der Waals surface area contributed by atoms with Gasteiger partial charge in [-0.2, -0.15) is 5.10 Å². The highest BCUT2D eigenvalue weighted by molar-refractivity contribution is 7.90. The molecule has 33 heavy (non-hydrogen) atoms. The largest absolute Gasteiger partial charge is 0.369 e. The van der Waals surface area contributed by atoms with Gasteiger partial charge in [0.1, 0.15) is 0 Å². The second-order valence-electron chi connectivity index (χ2n) is 7.16.